The molecule has 144 valence electrons. The number of methoxy groups -OCH3 is 1. The maximum absolute atomic E-state index is 12.2. The smallest absolute Gasteiger partial charge is 0.206 e. The summed E-state index contributed by atoms with van der Waals surface area (Å²) < 4.78 is 13.1. The minimum atomic E-state index is -0.135. The molecule has 0 unspecified atom stereocenters. The van der Waals surface area contributed by atoms with Gasteiger partial charge in [-0.1, -0.05) is 24.3 Å². The summed E-state index contributed by atoms with van der Waals surface area (Å²) in [6, 6.07) is 13.6. The molecule has 0 fully saturated rings. The molecule has 0 bridgehead atoms. The monoisotopic (exact) mass is 376 g/mol. The van der Waals surface area contributed by atoms with E-state index in [9.17, 15) is 4.79 Å². The van der Waals surface area contributed by atoms with Crippen molar-refractivity contribution in [2.24, 2.45) is 7.05 Å². The fourth-order valence-corrected chi connectivity index (χ4v) is 2.84. The molecule has 0 aliphatic carbocycles. The van der Waals surface area contributed by atoms with E-state index in [1.807, 2.05) is 44.2 Å². The highest BCUT2D eigenvalue weighted by atomic mass is 16.5. The summed E-state index contributed by atoms with van der Waals surface area (Å²) in [5, 5.41) is 4.12. The van der Waals surface area contributed by atoms with Crippen molar-refractivity contribution in [3.8, 4) is 11.5 Å². The first-order valence-corrected chi connectivity index (χ1v) is 9.05. The van der Waals surface area contributed by atoms with E-state index >= 15 is 0 Å². The molecule has 5 heteroatoms. The van der Waals surface area contributed by atoms with E-state index in [2.05, 4.69) is 11.2 Å². The van der Waals surface area contributed by atoms with Gasteiger partial charge in [0.05, 0.1) is 7.11 Å². The van der Waals surface area contributed by atoms with E-state index in [1.165, 1.54) is 6.08 Å². The van der Waals surface area contributed by atoms with Crippen molar-refractivity contribution in [3.63, 3.8) is 0 Å². The molecule has 1 aromatic heterocycles. The molecule has 0 aliphatic rings. The zero-order chi connectivity index (χ0) is 20.1. The topological polar surface area (TPSA) is 53.4 Å². The Morgan fingerprint density at radius 2 is 1.93 bits per heavy atom. The predicted octanol–water partition coefficient (Wildman–Crippen LogP) is 4.52. The van der Waals surface area contributed by atoms with Gasteiger partial charge in [0, 0.05) is 18.8 Å². The number of carbonyl (C=O) groups excluding carboxylic acids is 1. The first kappa shape index (κ1) is 19.4. The molecule has 0 radical (unpaired) electrons. The maximum atomic E-state index is 12.2. The van der Waals surface area contributed by atoms with Crippen LogP contribution in [0.4, 0.5) is 0 Å². The Bertz CT molecular complexity index is 1020. The van der Waals surface area contributed by atoms with Crippen LogP contribution in [-0.2, 0) is 13.7 Å². The number of allylic oxidation sites excluding steroid dienone is 1. The van der Waals surface area contributed by atoms with E-state index in [-0.39, 0.29) is 5.78 Å². The van der Waals surface area contributed by atoms with Crippen LogP contribution >= 0.6 is 0 Å². The third-order valence-electron chi connectivity index (χ3n) is 4.42. The molecule has 0 spiro atoms. The molecule has 0 amide bonds. The number of ketones is 1. The number of rotatable bonds is 7. The Balaban J connectivity index is 1.77. The second-order valence-corrected chi connectivity index (χ2v) is 6.70. The first-order valence-electron chi connectivity index (χ1n) is 9.05. The quantitative estimate of drug-likeness (QED) is 0.449. The lowest BCUT2D eigenvalue weighted by Gasteiger charge is -2.13. The van der Waals surface area contributed by atoms with Crippen LogP contribution in [0.3, 0.4) is 0 Å². The van der Waals surface area contributed by atoms with E-state index < -0.39 is 0 Å². The second kappa shape index (κ2) is 8.57. The summed E-state index contributed by atoms with van der Waals surface area (Å²) in [5.74, 6) is 1.47. The number of aryl methyl sites for hydroxylation is 3. The van der Waals surface area contributed by atoms with E-state index in [0.717, 1.165) is 33.8 Å². The fourth-order valence-electron chi connectivity index (χ4n) is 2.84. The normalized spacial score (nSPS) is 11.0. The molecule has 0 saturated carbocycles. The van der Waals surface area contributed by atoms with Crippen molar-refractivity contribution in [1.29, 1.82) is 0 Å². The van der Waals surface area contributed by atoms with Gasteiger partial charge in [0.25, 0.3) is 0 Å². The van der Waals surface area contributed by atoms with Crippen molar-refractivity contribution in [2.75, 3.05) is 7.11 Å². The predicted molar refractivity (Wildman–Crippen MR) is 110 cm³/mol. The van der Waals surface area contributed by atoms with Crippen molar-refractivity contribution >= 4 is 11.9 Å². The van der Waals surface area contributed by atoms with Gasteiger partial charge in [-0.3, -0.25) is 9.48 Å². The largest absolute Gasteiger partial charge is 0.496 e. The molecule has 3 rings (SSSR count). The summed E-state index contributed by atoms with van der Waals surface area (Å²) in [4.78, 5) is 12.2. The Hall–Kier alpha value is -3.34. The molecular weight excluding hydrogens is 352 g/mol. The molecule has 0 atom stereocenters. The van der Waals surface area contributed by atoms with Gasteiger partial charge in [0.1, 0.15) is 23.8 Å². The minimum Gasteiger partial charge on any atom is -0.496 e. The summed E-state index contributed by atoms with van der Waals surface area (Å²) in [5.41, 5.74) is 4.46. The fraction of sp³-hybridized carbons (Fsp3) is 0.217. The van der Waals surface area contributed by atoms with Crippen LogP contribution in [0, 0.1) is 13.8 Å². The molecule has 0 N–H and O–H groups in total. The molecule has 5 nitrogen and oxygen atoms in total. The zero-order valence-corrected chi connectivity index (χ0v) is 16.6. The number of aromatic nitrogens is 2. The highest BCUT2D eigenvalue weighted by Crippen LogP contribution is 2.25. The molecular formula is C23H24N2O3. The first-order chi connectivity index (χ1) is 13.5. The molecule has 3 aromatic rings. The van der Waals surface area contributed by atoms with E-state index in [1.54, 1.807) is 37.2 Å². The van der Waals surface area contributed by atoms with Crippen molar-refractivity contribution < 1.29 is 14.3 Å². The number of ether oxygens (including phenoxy) is 2. The van der Waals surface area contributed by atoms with Crippen LogP contribution in [0.2, 0.25) is 0 Å². The molecule has 0 aliphatic heterocycles. The average molecular weight is 376 g/mol. The maximum Gasteiger partial charge on any atom is 0.206 e. The SMILES string of the molecule is COc1ccc(/C=C/C(=O)c2ccn(C)n2)cc1COc1cc(C)ccc1C. The van der Waals surface area contributed by atoms with E-state index in [4.69, 9.17) is 9.47 Å². The van der Waals surface area contributed by atoms with Crippen molar-refractivity contribution in [2.45, 2.75) is 20.5 Å². The van der Waals surface area contributed by atoms with Gasteiger partial charge in [0.15, 0.2) is 0 Å². The number of carbonyl (C=O) groups is 1. The van der Waals surface area contributed by atoms with Gasteiger partial charge in [0.2, 0.25) is 5.78 Å². The van der Waals surface area contributed by atoms with Crippen LogP contribution in [0.1, 0.15) is 32.7 Å². The van der Waals surface area contributed by atoms with Gasteiger partial charge in [-0.25, -0.2) is 0 Å². The Kier molecular flexibility index (Phi) is 5.94. The Morgan fingerprint density at radius 3 is 2.64 bits per heavy atom. The molecule has 1 heterocycles. The number of nitrogens with zero attached hydrogens (tertiary/aromatic N) is 2. The third kappa shape index (κ3) is 4.68. The zero-order valence-electron chi connectivity index (χ0n) is 16.6. The van der Waals surface area contributed by atoms with Gasteiger partial charge >= 0.3 is 0 Å². The van der Waals surface area contributed by atoms with Gasteiger partial charge < -0.3 is 9.47 Å². The van der Waals surface area contributed by atoms with Crippen LogP contribution in [0.5, 0.6) is 11.5 Å². The van der Waals surface area contributed by atoms with Gasteiger partial charge in [-0.15, -0.1) is 0 Å². The summed E-state index contributed by atoms with van der Waals surface area (Å²) in [6.45, 7) is 4.44. The standard InChI is InChI=1S/C23H24N2O3/c1-16-5-6-17(2)23(13-16)28-15-19-14-18(8-10-22(19)27-4)7-9-21(26)20-11-12-25(3)24-20/h5-14H,15H2,1-4H3/b9-7+. The summed E-state index contributed by atoms with van der Waals surface area (Å²) in [6.07, 6.45) is 5.05. The molecule has 0 saturated heterocycles. The van der Waals surface area contributed by atoms with Crippen molar-refractivity contribution in [1.82, 2.24) is 9.78 Å². The number of hydrogen-bond acceptors (Lipinski definition) is 4. The molecule has 28 heavy (non-hydrogen) atoms. The highest BCUT2D eigenvalue weighted by molar-refractivity contribution is 6.05. The number of benzene rings is 2. The number of hydrogen-bond donors (Lipinski definition) is 0. The van der Waals surface area contributed by atoms with Crippen LogP contribution in [0.25, 0.3) is 6.08 Å². The molecule has 2 aromatic carbocycles. The summed E-state index contributed by atoms with van der Waals surface area (Å²) >= 11 is 0. The Labute approximate surface area is 165 Å². The van der Waals surface area contributed by atoms with Gasteiger partial charge in [-0.2, -0.15) is 5.10 Å². The third-order valence-corrected chi connectivity index (χ3v) is 4.42. The lowest BCUT2D eigenvalue weighted by molar-refractivity contribution is 0.104. The van der Waals surface area contributed by atoms with Crippen molar-refractivity contribution in [3.05, 3.63) is 82.7 Å². The van der Waals surface area contributed by atoms with E-state index in [0.29, 0.717) is 12.3 Å². The van der Waals surface area contributed by atoms with Crippen LogP contribution < -0.4 is 9.47 Å². The highest BCUT2D eigenvalue weighted by Gasteiger charge is 2.08. The second-order valence-electron chi connectivity index (χ2n) is 6.70. The van der Waals surface area contributed by atoms with Crippen LogP contribution in [0.15, 0.2) is 54.7 Å². The minimum absolute atomic E-state index is 0.135. The Morgan fingerprint density at radius 1 is 1.11 bits per heavy atom. The lowest BCUT2D eigenvalue weighted by atomic mass is 10.1. The van der Waals surface area contributed by atoms with Gasteiger partial charge in [-0.05, 0) is 60.9 Å². The lowest BCUT2D eigenvalue weighted by Crippen LogP contribution is -2.01. The van der Waals surface area contributed by atoms with Crippen LogP contribution in [-0.4, -0.2) is 22.7 Å². The summed E-state index contributed by atoms with van der Waals surface area (Å²) in [7, 11) is 3.42. The average Bonchev–Trinajstić information content (AvgIpc) is 3.13.